The van der Waals surface area contributed by atoms with Crippen molar-refractivity contribution in [1.82, 2.24) is 4.98 Å². The Bertz CT molecular complexity index is 587. The standard InChI is InChI=1S/C15H14INO3/c1-2-19-15(18)12-5-6-14(13(16)8-12)20-10-11-4-3-7-17-9-11/h3-9H,2,10H2,1H3. The second kappa shape index (κ2) is 7.23. The number of pyridine rings is 1. The van der Waals surface area contributed by atoms with Gasteiger partial charge in [-0.15, -0.1) is 0 Å². The predicted octanol–water partition coefficient (Wildman–Crippen LogP) is 3.44. The average Bonchev–Trinajstić information content (AvgIpc) is 2.47. The van der Waals surface area contributed by atoms with Crippen LogP contribution in [0.3, 0.4) is 0 Å². The van der Waals surface area contributed by atoms with Crippen LogP contribution in [0.15, 0.2) is 42.7 Å². The first-order chi connectivity index (χ1) is 9.70. The van der Waals surface area contributed by atoms with Gasteiger partial charge in [-0.2, -0.15) is 0 Å². The molecule has 1 heterocycles. The van der Waals surface area contributed by atoms with Crippen molar-refractivity contribution >= 4 is 28.6 Å². The maximum absolute atomic E-state index is 11.6. The van der Waals surface area contributed by atoms with E-state index in [-0.39, 0.29) is 5.97 Å². The van der Waals surface area contributed by atoms with E-state index in [2.05, 4.69) is 27.6 Å². The van der Waals surface area contributed by atoms with E-state index >= 15 is 0 Å². The molecule has 0 saturated heterocycles. The van der Waals surface area contributed by atoms with Crippen molar-refractivity contribution in [2.24, 2.45) is 0 Å². The molecule has 2 aromatic rings. The van der Waals surface area contributed by atoms with Crippen molar-refractivity contribution < 1.29 is 14.3 Å². The van der Waals surface area contributed by atoms with E-state index in [1.54, 1.807) is 37.5 Å². The molecule has 0 fully saturated rings. The van der Waals surface area contributed by atoms with Gasteiger partial charge in [0.2, 0.25) is 0 Å². The number of hydrogen-bond acceptors (Lipinski definition) is 4. The number of carbonyl (C=O) groups is 1. The fourth-order valence-electron chi connectivity index (χ4n) is 1.60. The normalized spacial score (nSPS) is 10.1. The van der Waals surface area contributed by atoms with Crippen molar-refractivity contribution in [2.75, 3.05) is 6.61 Å². The van der Waals surface area contributed by atoms with Crippen LogP contribution in [-0.4, -0.2) is 17.6 Å². The summed E-state index contributed by atoms with van der Waals surface area (Å²) in [5.74, 6) is 0.423. The third-order valence-corrected chi connectivity index (χ3v) is 3.40. The van der Waals surface area contributed by atoms with Crippen LogP contribution in [0.4, 0.5) is 0 Å². The SMILES string of the molecule is CCOC(=O)c1ccc(OCc2cccnc2)c(I)c1. The highest BCUT2D eigenvalue weighted by Gasteiger charge is 2.10. The van der Waals surface area contributed by atoms with Crippen molar-refractivity contribution in [3.63, 3.8) is 0 Å². The Hall–Kier alpha value is -1.63. The number of aromatic nitrogens is 1. The fourth-order valence-corrected chi connectivity index (χ4v) is 2.27. The van der Waals surface area contributed by atoms with E-state index in [1.807, 2.05) is 12.1 Å². The number of hydrogen-bond donors (Lipinski definition) is 0. The molecule has 1 aromatic heterocycles. The molecule has 2 rings (SSSR count). The lowest BCUT2D eigenvalue weighted by molar-refractivity contribution is 0.0526. The average molecular weight is 383 g/mol. The lowest BCUT2D eigenvalue weighted by Gasteiger charge is -2.09. The van der Waals surface area contributed by atoms with Crippen LogP contribution >= 0.6 is 22.6 Å². The Labute approximate surface area is 131 Å². The number of carbonyl (C=O) groups excluding carboxylic acids is 1. The van der Waals surface area contributed by atoms with Crippen LogP contribution in [0, 0.1) is 3.57 Å². The van der Waals surface area contributed by atoms with Gasteiger partial charge in [0.15, 0.2) is 0 Å². The third-order valence-electron chi connectivity index (χ3n) is 2.56. The summed E-state index contributed by atoms with van der Waals surface area (Å²) in [5, 5.41) is 0. The number of rotatable bonds is 5. The maximum atomic E-state index is 11.6. The highest BCUT2D eigenvalue weighted by atomic mass is 127. The molecule has 5 heteroatoms. The number of esters is 1. The Balaban J connectivity index is 2.04. The number of benzene rings is 1. The first kappa shape index (κ1) is 14.8. The van der Waals surface area contributed by atoms with Gasteiger partial charge in [0.1, 0.15) is 12.4 Å². The molecule has 0 saturated carbocycles. The molecule has 0 amide bonds. The lowest BCUT2D eigenvalue weighted by Crippen LogP contribution is -2.05. The first-order valence-electron chi connectivity index (χ1n) is 6.19. The monoisotopic (exact) mass is 383 g/mol. The van der Waals surface area contributed by atoms with Crippen LogP contribution < -0.4 is 4.74 Å². The Morgan fingerprint density at radius 3 is 2.85 bits per heavy atom. The minimum Gasteiger partial charge on any atom is -0.488 e. The van der Waals surface area contributed by atoms with Gasteiger partial charge in [-0.05, 0) is 53.8 Å². The van der Waals surface area contributed by atoms with Crippen molar-refractivity contribution in [2.45, 2.75) is 13.5 Å². The molecule has 0 bridgehead atoms. The van der Waals surface area contributed by atoms with Gasteiger partial charge >= 0.3 is 5.97 Å². The van der Waals surface area contributed by atoms with Gasteiger partial charge in [0.25, 0.3) is 0 Å². The zero-order chi connectivity index (χ0) is 14.4. The summed E-state index contributed by atoms with van der Waals surface area (Å²) in [6, 6.07) is 9.07. The highest BCUT2D eigenvalue weighted by molar-refractivity contribution is 14.1. The molecule has 0 aliphatic rings. The Morgan fingerprint density at radius 2 is 2.20 bits per heavy atom. The highest BCUT2D eigenvalue weighted by Crippen LogP contribution is 2.23. The Kier molecular flexibility index (Phi) is 5.34. The maximum Gasteiger partial charge on any atom is 0.338 e. The second-order valence-corrected chi connectivity index (χ2v) is 5.18. The Morgan fingerprint density at radius 1 is 1.35 bits per heavy atom. The molecule has 0 aliphatic carbocycles. The lowest BCUT2D eigenvalue weighted by atomic mass is 10.2. The fraction of sp³-hybridized carbons (Fsp3) is 0.200. The molecular formula is C15H14INO3. The summed E-state index contributed by atoms with van der Waals surface area (Å²) in [6.45, 7) is 2.60. The molecule has 104 valence electrons. The largest absolute Gasteiger partial charge is 0.488 e. The van der Waals surface area contributed by atoms with Crippen LogP contribution in [0.2, 0.25) is 0 Å². The molecule has 0 atom stereocenters. The van der Waals surface area contributed by atoms with E-state index in [1.165, 1.54) is 0 Å². The molecule has 0 N–H and O–H groups in total. The molecule has 0 aliphatic heterocycles. The molecule has 1 aromatic carbocycles. The zero-order valence-corrected chi connectivity index (χ0v) is 13.2. The topological polar surface area (TPSA) is 48.4 Å². The van der Waals surface area contributed by atoms with E-state index in [4.69, 9.17) is 9.47 Å². The van der Waals surface area contributed by atoms with Gasteiger partial charge in [0.05, 0.1) is 15.7 Å². The van der Waals surface area contributed by atoms with Crippen LogP contribution in [0.5, 0.6) is 5.75 Å². The minimum absolute atomic E-state index is 0.316. The quantitative estimate of drug-likeness (QED) is 0.586. The van der Waals surface area contributed by atoms with Crippen molar-refractivity contribution in [3.05, 3.63) is 57.4 Å². The summed E-state index contributed by atoms with van der Waals surface area (Å²) in [7, 11) is 0. The zero-order valence-electron chi connectivity index (χ0n) is 11.0. The second-order valence-electron chi connectivity index (χ2n) is 4.02. The van der Waals surface area contributed by atoms with Crippen LogP contribution in [0.1, 0.15) is 22.8 Å². The van der Waals surface area contributed by atoms with E-state index in [0.717, 1.165) is 14.9 Å². The number of ether oxygens (including phenoxy) is 2. The molecular weight excluding hydrogens is 369 g/mol. The number of nitrogens with zero attached hydrogens (tertiary/aromatic N) is 1. The van der Waals surface area contributed by atoms with Crippen molar-refractivity contribution in [1.29, 1.82) is 0 Å². The molecule has 0 spiro atoms. The summed E-state index contributed by atoms with van der Waals surface area (Å²) in [4.78, 5) is 15.6. The summed E-state index contributed by atoms with van der Waals surface area (Å²) in [6.07, 6.45) is 3.49. The predicted molar refractivity (Wildman–Crippen MR) is 83.7 cm³/mol. The van der Waals surface area contributed by atoms with Crippen molar-refractivity contribution in [3.8, 4) is 5.75 Å². The van der Waals surface area contributed by atoms with Crippen LogP contribution in [0.25, 0.3) is 0 Å². The van der Waals surface area contributed by atoms with Gasteiger partial charge in [-0.3, -0.25) is 4.98 Å². The van der Waals surface area contributed by atoms with E-state index in [9.17, 15) is 4.79 Å². The van der Waals surface area contributed by atoms with Gasteiger partial charge in [-0.1, -0.05) is 6.07 Å². The molecule has 0 unspecified atom stereocenters. The first-order valence-corrected chi connectivity index (χ1v) is 7.27. The molecule has 20 heavy (non-hydrogen) atoms. The summed E-state index contributed by atoms with van der Waals surface area (Å²) in [5.41, 5.74) is 1.53. The number of halogens is 1. The van der Waals surface area contributed by atoms with Crippen LogP contribution in [-0.2, 0) is 11.3 Å². The van der Waals surface area contributed by atoms with Gasteiger partial charge in [-0.25, -0.2) is 4.79 Å². The van der Waals surface area contributed by atoms with E-state index in [0.29, 0.717) is 18.8 Å². The smallest absolute Gasteiger partial charge is 0.338 e. The summed E-state index contributed by atoms with van der Waals surface area (Å²) < 4.78 is 11.6. The molecule has 4 nitrogen and oxygen atoms in total. The van der Waals surface area contributed by atoms with Gasteiger partial charge in [0, 0.05) is 18.0 Å². The summed E-state index contributed by atoms with van der Waals surface area (Å²) >= 11 is 2.14. The molecule has 0 radical (unpaired) electrons. The minimum atomic E-state index is -0.316. The third kappa shape index (κ3) is 3.93. The van der Waals surface area contributed by atoms with Gasteiger partial charge < -0.3 is 9.47 Å². The van der Waals surface area contributed by atoms with E-state index < -0.39 is 0 Å².